The normalized spacial score (nSPS) is 26.7. The first-order chi connectivity index (χ1) is 12.5. The van der Waals surface area contributed by atoms with Gasteiger partial charge in [0.15, 0.2) is 0 Å². The van der Waals surface area contributed by atoms with Crippen molar-refractivity contribution >= 4 is 11.9 Å². The highest BCUT2D eigenvalue weighted by Crippen LogP contribution is 2.53. The third kappa shape index (κ3) is 2.70. The Hall–Kier alpha value is -2.31. The molecule has 2 aliphatic rings. The van der Waals surface area contributed by atoms with Crippen LogP contribution in [0.15, 0.2) is 12.1 Å². The minimum absolute atomic E-state index is 0.0451. The van der Waals surface area contributed by atoms with Gasteiger partial charge in [-0.15, -0.1) is 0 Å². The topological polar surface area (TPSA) is 78.0 Å². The van der Waals surface area contributed by atoms with Crippen molar-refractivity contribution in [3.63, 3.8) is 0 Å². The van der Waals surface area contributed by atoms with E-state index in [0.717, 1.165) is 12.8 Å². The molecule has 0 saturated carbocycles. The second kappa shape index (κ2) is 7.13. The summed E-state index contributed by atoms with van der Waals surface area (Å²) in [6.45, 7) is 4.16. The van der Waals surface area contributed by atoms with Gasteiger partial charge < -0.3 is 19.1 Å². The number of esters is 1. The maximum absolute atomic E-state index is 13.3. The molecule has 3 rings (SSSR count). The van der Waals surface area contributed by atoms with E-state index in [1.165, 1.54) is 14.2 Å². The fourth-order valence-corrected chi connectivity index (χ4v) is 4.50. The molecule has 2 saturated heterocycles. The van der Waals surface area contributed by atoms with Gasteiger partial charge in [-0.3, -0.25) is 9.59 Å². The Morgan fingerprint density at radius 2 is 2.00 bits per heavy atom. The summed E-state index contributed by atoms with van der Waals surface area (Å²) in [6.07, 6.45) is 3.04. The van der Waals surface area contributed by atoms with Crippen LogP contribution in [0.25, 0.3) is 0 Å². The molecule has 2 bridgehead atoms. The zero-order valence-electron chi connectivity index (χ0n) is 15.8. The Labute approximate surface area is 153 Å². The molecule has 0 radical (unpaired) electrons. The van der Waals surface area contributed by atoms with Gasteiger partial charge in [0, 0.05) is 18.2 Å². The molecule has 0 aliphatic carbocycles. The van der Waals surface area contributed by atoms with Crippen LogP contribution < -0.4 is 9.47 Å². The second-order valence-corrected chi connectivity index (χ2v) is 6.80. The minimum atomic E-state index is -0.609. The monoisotopic (exact) mass is 362 g/mol. The smallest absolute Gasteiger partial charge is 0.314 e. The molecule has 0 aromatic carbocycles. The molecule has 0 unspecified atom stereocenters. The summed E-state index contributed by atoms with van der Waals surface area (Å²) in [5, 5.41) is 0. The molecule has 3 heterocycles. The quantitative estimate of drug-likeness (QED) is 0.723. The number of ether oxygens (including phenoxy) is 3. The van der Waals surface area contributed by atoms with Gasteiger partial charge >= 0.3 is 5.97 Å². The number of carbonyl (C=O) groups excluding carboxylic acids is 2. The third-order valence-electron chi connectivity index (χ3n) is 5.76. The maximum Gasteiger partial charge on any atom is 0.314 e. The van der Waals surface area contributed by atoms with E-state index in [9.17, 15) is 9.59 Å². The zero-order valence-corrected chi connectivity index (χ0v) is 15.8. The van der Waals surface area contributed by atoms with Crippen molar-refractivity contribution in [3.05, 3.63) is 17.7 Å². The molecule has 2 aliphatic heterocycles. The van der Waals surface area contributed by atoms with E-state index in [1.807, 2.05) is 18.7 Å². The van der Waals surface area contributed by atoms with Gasteiger partial charge in [0.2, 0.25) is 11.8 Å². The van der Waals surface area contributed by atoms with E-state index in [1.54, 1.807) is 12.1 Å². The number of pyridine rings is 1. The van der Waals surface area contributed by atoms with Crippen molar-refractivity contribution in [1.29, 1.82) is 0 Å². The SMILES string of the molecule is CCOC(=O)[C@@]1(CC)C[C@H]2CC[C@@H]1N2C(=O)c1ccc(OC)nc1OC. The molecule has 0 spiro atoms. The molecule has 0 N–H and O–H groups in total. The first-order valence-corrected chi connectivity index (χ1v) is 9.11. The zero-order chi connectivity index (χ0) is 18.9. The van der Waals surface area contributed by atoms with Gasteiger partial charge in [0.1, 0.15) is 5.56 Å². The summed E-state index contributed by atoms with van der Waals surface area (Å²) < 4.78 is 15.7. The number of nitrogens with zero attached hydrogens (tertiary/aromatic N) is 2. The lowest BCUT2D eigenvalue weighted by Crippen LogP contribution is -2.45. The molecule has 26 heavy (non-hydrogen) atoms. The Balaban J connectivity index is 1.93. The van der Waals surface area contributed by atoms with Crippen molar-refractivity contribution in [2.24, 2.45) is 5.41 Å². The van der Waals surface area contributed by atoms with Crippen LogP contribution in [0.5, 0.6) is 11.8 Å². The maximum atomic E-state index is 13.3. The lowest BCUT2D eigenvalue weighted by molar-refractivity contribution is -0.157. The Kier molecular flexibility index (Phi) is 5.07. The summed E-state index contributed by atoms with van der Waals surface area (Å²) in [4.78, 5) is 32.0. The summed E-state index contributed by atoms with van der Waals surface area (Å²) in [7, 11) is 2.99. The number of carbonyl (C=O) groups is 2. The van der Waals surface area contributed by atoms with Gasteiger partial charge in [-0.05, 0) is 38.7 Å². The highest BCUT2D eigenvalue weighted by molar-refractivity contribution is 5.98. The van der Waals surface area contributed by atoms with E-state index in [0.29, 0.717) is 30.9 Å². The van der Waals surface area contributed by atoms with Crippen molar-refractivity contribution < 1.29 is 23.8 Å². The van der Waals surface area contributed by atoms with Crippen molar-refractivity contribution in [1.82, 2.24) is 9.88 Å². The number of methoxy groups -OCH3 is 2. The first-order valence-electron chi connectivity index (χ1n) is 9.11. The largest absolute Gasteiger partial charge is 0.481 e. The predicted octanol–water partition coefficient (Wildman–Crippen LogP) is 2.44. The number of fused-ring (bicyclic) bond motifs is 2. The van der Waals surface area contributed by atoms with Crippen LogP contribution in [0.2, 0.25) is 0 Å². The molecule has 7 nitrogen and oxygen atoms in total. The summed E-state index contributed by atoms with van der Waals surface area (Å²) in [6, 6.07) is 3.22. The minimum Gasteiger partial charge on any atom is -0.481 e. The molecule has 1 amide bonds. The fourth-order valence-electron chi connectivity index (χ4n) is 4.50. The van der Waals surface area contributed by atoms with Crippen LogP contribution in [-0.4, -0.2) is 54.7 Å². The van der Waals surface area contributed by atoms with E-state index in [2.05, 4.69) is 4.98 Å². The number of hydrogen-bond acceptors (Lipinski definition) is 6. The number of hydrogen-bond donors (Lipinski definition) is 0. The third-order valence-corrected chi connectivity index (χ3v) is 5.76. The lowest BCUT2D eigenvalue weighted by atomic mass is 9.72. The lowest BCUT2D eigenvalue weighted by Gasteiger charge is -2.34. The van der Waals surface area contributed by atoms with Gasteiger partial charge in [-0.1, -0.05) is 6.92 Å². The Morgan fingerprint density at radius 1 is 1.23 bits per heavy atom. The molecule has 7 heteroatoms. The number of rotatable bonds is 6. The van der Waals surface area contributed by atoms with Crippen LogP contribution in [0.4, 0.5) is 0 Å². The Bertz CT molecular complexity index is 707. The van der Waals surface area contributed by atoms with Crippen molar-refractivity contribution in [2.75, 3.05) is 20.8 Å². The Morgan fingerprint density at radius 3 is 2.62 bits per heavy atom. The molecule has 2 fully saturated rings. The predicted molar refractivity (Wildman–Crippen MR) is 94.3 cm³/mol. The number of aromatic nitrogens is 1. The van der Waals surface area contributed by atoms with Gasteiger partial charge in [0.05, 0.1) is 26.2 Å². The van der Waals surface area contributed by atoms with Crippen LogP contribution in [0.3, 0.4) is 0 Å². The highest BCUT2D eigenvalue weighted by Gasteiger charge is 2.61. The average molecular weight is 362 g/mol. The van der Waals surface area contributed by atoms with Crippen molar-refractivity contribution in [3.8, 4) is 11.8 Å². The molecular formula is C19H26N2O5. The van der Waals surface area contributed by atoms with E-state index in [4.69, 9.17) is 14.2 Å². The molecule has 142 valence electrons. The van der Waals surface area contributed by atoms with Crippen LogP contribution in [0, 0.1) is 5.41 Å². The molecule has 1 aromatic heterocycles. The molecule has 3 atom stereocenters. The average Bonchev–Trinajstić information content (AvgIpc) is 3.23. The first kappa shape index (κ1) is 18.5. The van der Waals surface area contributed by atoms with E-state index < -0.39 is 5.41 Å². The van der Waals surface area contributed by atoms with Gasteiger partial charge in [0.25, 0.3) is 5.91 Å². The molecular weight excluding hydrogens is 336 g/mol. The summed E-state index contributed by atoms with van der Waals surface area (Å²) in [5.74, 6) is 0.285. The number of amides is 1. The second-order valence-electron chi connectivity index (χ2n) is 6.80. The highest BCUT2D eigenvalue weighted by atomic mass is 16.5. The van der Waals surface area contributed by atoms with Crippen molar-refractivity contribution in [2.45, 2.75) is 51.6 Å². The fraction of sp³-hybridized carbons (Fsp3) is 0.632. The van der Waals surface area contributed by atoms with Gasteiger partial charge in [-0.25, -0.2) is 0 Å². The van der Waals surface area contributed by atoms with Crippen LogP contribution in [0.1, 0.15) is 49.9 Å². The van der Waals surface area contributed by atoms with Crippen LogP contribution in [-0.2, 0) is 9.53 Å². The van der Waals surface area contributed by atoms with E-state index in [-0.39, 0.29) is 29.8 Å². The van der Waals surface area contributed by atoms with E-state index >= 15 is 0 Å². The summed E-state index contributed by atoms with van der Waals surface area (Å²) >= 11 is 0. The summed E-state index contributed by atoms with van der Waals surface area (Å²) in [5.41, 5.74) is -0.220. The standard InChI is InChI=1S/C19H26N2O5/c1-5-19(18(23)26-6-2)11-12-7-9-14(19)21(12)17(22)13-8-10-15(24-3)20-16(13)25-4/h8,10,12,14H,5-7,9,11H2,1-4H3/t12-,14+,19+/m1/s1. The molecule has 1 aromatic rings. The van der Waals surface area contributed by atoms with Crippen LogP contribution >= 0.6 is 0 Å². The van der Waals surface area contributed by atoms with Gasteiger partial charge in [-0.2, -0.15) is 4.98 Å².